The van der Waals surface area contributed by atoms with E-state index in [1.165, 1.54) is 0 Å². The zero-order valence-corrected chi connectivity index (χ0v) is 10.9. The fourth-order valence-electron chi connectivity index (χ4n) is 1.80. The Morgan fingerprint density at radius 2 is 1.80 bits per heavy atom. The topological polar surface area (TPSA) is 77.0 Å². The number of rotatable bonds is 3. The van der Waals surface area contributed by atoms with Crippen LogP contribution in [-0.4, -0.2) is 5.11 Å². The van der Waals surface area contributed by atoms with E-state index in [0.717, 1.165) is 0 Å². The number of nitrogens with zero attached hydrogens (tertiary/aromatic N) is 2. The minimum Gasteiger partial charge on any atom is -0.456 e. The average molecular weight is 264 g/mol. The standard InChI is InChI=1S/C16H12N2O2/c1-11(19)14-7-6-12(9-17)8-16(14)20-15-5-3-2-4-13(15)10-18/h2-8,11,19H,1H3. The first-order chi connectivity index (χ1) is 9.65. The van der Waals surface area contributed by atoms with E-state index < -0.39 is 6.10 Å². The van der Waals surface area contributed by atoms with Crippen LogP contribution in [0.4, 0.5) is 0 Å². The SMILES string of the molecule is CC(O)c1ccc(C#N)cc1Oc1ccccc1C#N. The lowest BCUT2D eigenvalue weighted by Gasteiger charge is -2.14. The molecule has 0 spiro atoms. The van der Waals surface area contributed by atoms with Crippen LogP contribution in [0.25, 0.3) is 0 Å². The fraction of sp³-hybridized carbons (Fsp3) is 0.125. The van der Waals surface area contributed by atoms with Crippen molar-refractivity contribution < 1.29 is 9.84 Å². The molecule has 0 amide bonds. The summed E-state index contributed by atoms with van der Waals surface area (Å²) in [6, 6.07) is 15.7. The van der Waals surface area contributed by atoms with Gasteiger partial charge in [0.2, 0.25) is 0 Å². The van der Waals surface area contributed by atoms with E-state index in [1.54, 1.807) is 49.4 Å². The molecule has 1 N–H and O–H groups in total. The lowest BCUT2D eigenvalue weighted by Crippen LogP contribution is -1.98. The molecule has 0 bridgehead atoms. The second-order valence-electron chi connectivity index (χ2n) is 4.25. The molecule has 0 heterocycles. The highest BCUT2D eigenvalue weighted by molar-refractivity contribution is 5.49. The summed E-state index contributed by atoms with van der Waals surface area (Å²) in [7, 11) is 0. The van der Waals surface area contributed by atoms with Crippen LogP contribution in [0.1, 0.15) is 29.7 Å². The van der Waals surface area contributed by atoms with Crippen molar-refractivity contribution in [3.8, 4) is 23.6 Å². The molecule has 0 saturated heterocycles. The number of ether oxygens (including phenoxy) is 1. The van der Waals surface area contributed by atoms with Crippen molar-refractivity contribution in [2.24, 2.45) is 0 Å². The Balaban J connectivity index is 2.47. The summed E-state index contributed by atoms with van der Waals surface area (Å²) in [5, 5.41) is 27.7. The Hall–Kier alpha value is -2.82. The van der Waals surface area contributed by atoms with Crippen molar-refractivity contribution >= 4 is 0 Å². The minimum atomic E-state index is -0.730. The zero-order valence-electron chi connectivity index (χ0n) is 10.9. The predicted octanol–water partition coefficient (Wildman–Crippen LogP) is 3.28. The third kappa shape index (κ3) is 2.77. The van der Waals surface area contributed by atoms with Crippen LogP contribution in [0.3, 0.4) is 0 Å². The van der Waals surface area contributed by atoms with Crippen molar-refractivity contribution in [1.29, 1.82) is 10.5 Å². The molecule has 2 aromatic carbocycles. The molecule has 0 aliphatic heterocycles. The molecule has 1 unspecified atom stereocenters. The van der Waals surface area contributed by atoms with Crippen molar-refractivity contribution in [2.45, 2.75) is 13.0 Å². The molecule has 0 saturated carbocycles. The predicted molar refractivity (Wildman–Crippen MR) is 73.0 cm³/mol. The zero-order chi connectivity index (χ0) is 14.5. The van der Waals surface area contributed by atoms with Gasteiger partial charge in [-0.15, -0.1) is 0 Å². The Morgan fingerprint density at radius 3 is 2.45 bits per heavy atom. The van der Waals surface area contributed by atoms with Crippen molar-refractivity contribution in [3.63, 3.8) is 0 Å². The summed E-state index contributed by atoms with van der Waals surface area (Å²) in [6.45, 7) is 1.62. The van der Waals surface area contributed by atoms with E-state index in [0.29, 0.717) is 28.2 Å². The van der Waals surface area contributed by atoms with Crippen LogP contribution >= 0.6 is 0 Å². The van der Waals surface area contributed by atoms with Crippen LogP contribution in [-0.2, 0) is 0 Å². The first-order valence-corrected chi connectivity index (χ1v) is 6.05. The van der Waals surface area contributed by atoms with Crippen LogP contribution < -0.4 is 4.74 Å². The molecule has 0 radical (unpaired) electrons. The maximum Gasteiger partial charge on any atom is 0.145 e. The van der Waals surface area contributed by atoms with Gasteiger partial charge in [-0.2, -0.15) is 10.5 Å². The number of hydrogen-bond donors (Lipinski definition) is 1. The van der Waals surface area contributed by atoms with Crippen LogP contribution in [0.2, 0.25) is 0 Å². The van der Waals surface area contributed by atoms with Crippen molar-refractivity contribution in [1.82, 2.24) is 0 Å². The van der Waals surface area contributed by atoms with Gasteiger partial charge in [-0.1, -0.05) is 18.2 Å². The van der Waals surface area contributed by atoms with Gasteiger partial charge in [0.05, 0.1) is 23.3 Å². The summed E-state index contributed by atoms with van der Waals surface area (Å²) < 4.78 is 5.70. The second-order valence-corrected chi connectivity index (χ2v) is 4.25. The molecule has 0 aliphatic rings. The van der Waals surface area contributed by atoms with Gasteiger partial charge in [-0.05, 0) is 31.2 Å². The fourth-order valence-corrected chi connectivity index (χ4v) is 1.80. The molecular weight excluding hydrogens is 252 g/mol. The molecule has 4 heteroatoms. The monoisotopic (exact) mass is 264 g/mol. The number of nitriles is 2. The van der Waals surface area contributed by atoms with Crippen molar-refractivity contribution in [2.75, 3.05) is 0 Å². The number of benzene rings is 2. The lowest BCUT2D eigenvalue weighted by atomic mass is 10.1. The molecule has 2 aromatic rings. The molecule has 4 nitrogen and oxygen atoms in total. The van der Waals surface area contributed by atoms with Gasteiger partial charge in [0.25, 0.3) is 0 Å². The molecule has 1 atom stereocenters. The molecule has 20 heavy (non-hydrogen) atoms. The van der Waals surface area contributed by atoms with E-state index in [1.807, 2.05) is 12.1 Å². The van der Waals surface area contributed by atoms with Crippen molar-refractivity contribution in [3.05, 3.63) is 59.2 Å². The Kier molecular flexibility index (Phi) is 4.00. The number of para-hydroxylation sites is 1. The first-order valence-electron chi connectivity index (χ1n) is 6.05. The van der Waals surface area contributed by atoms with Crippen LogP contribution in [0, 0.1) is 22.7 Å². The van der Waals surface area contributed by atoms with Crippen LogP contribution in [0.5, 0.6) is 11.5 Å². The first kappa shape index (κ1) is 13.6. The summed E-state index contributed by atoms with van der Waals surface area (Å²) in [6.07, 6.45) is -0.730. The largest absolute Gasteiger partial charge is 0.456 e. The number of aliphatic hydroxyl groups excluding tert-OH is 1. The van der Waals surface area contributed by atoms with Gasteiger partial charge in [-0.3, -0.25) is 0 Å². The van der Waals surface area contributed by atoms with Gasteiger partial charge in [-0.25, -0.2) is 0 Å². The van der Waals surface area contributed by atoms with Gasteiger partial charge in [0.1, 0.15) is 17.6 Å². The molecule has 2 rings (SSSR count). The highest BCUT2D eigenvalue weighted by Gasteiger charge is 2.12. The Bertz CT molecular complexity index is 709. The van der Waals surface area contributed by atoms with E-state index in [9.17, 15) is 5.11 Å². The normalized spacial score (nSPS) is 11.2. The Morgan fingerprint density at radius 1 is 1.05 bits per heavy atom. The molecule has 0 aliphatic carbocycles. The maximum atomic E-state index is 9.74. The third-order valence-electron chi connectivity index (χ3n) is 2.82. The van der Waals surface area contributed by atoms with E-state index in [-0.39, 0.29) is 0 Å². The lowest BCUT2D eigenvalue weighted by molar-refractivity contribution is 0.195. The number of hydrogen-bond acceptors (Lipinski definition) is 4. The van der Waals surface area contributed by atoms with Gasteiger partial charge in [0.15, 0.2) is 0 Å². The molecule has 0 aromatic heterocycles. The average Bonchev–Trinajstić information content (AvgIpc) is 2.47. The van der Waals surface area contributed by atoms with Crippen LogP contribution in [0.15, 0.2) is 42.5 Å². The summed E-state index contributed by atoms with van der Waals surface area (Å²) >= 11 is 0. The summed E-state index contributed by atoms with van der Waals surface area (Å²) in [4.78, 5) is 0. The number of aliphatic hydroxyl groups is 1. The van der Waals surface area contributed by atoms with Gasteiger partial charge in [0, 0.05) is 5.56 Å². The summed E-state index contributed by atoms with van der Waals surface area (Å²) in [5.74, 6) is 0.772. The summed E-state index contributed by atoms with van der Waals surface area (Å²) in [5.41, 5.74) is 1.39. The maximum absolute atomic E-state index is 9.74. The molecule has 0 fully saturated rings. The van der Waals surface area contributed by atoms with E-state index in [2.05, 4.69) is 0 Å². The highest BCUT2D eigenvalue weighted by atomic mass is 16.5. The molecular formula is C16H12N2O2. The second kappa shape index (κ2) is 5.88. The van der Waals surface area contributed by atoms with Gasteiger partial charge < -0.3 is 9.84 Å². The van der Waals surface area contributed by atoms with E-state index in [4.69, 9.17) is 15.3 Å². The highest BCUT2D eigenvalue weighted by Crippen LogP contribution is 2.32. The quantitative estimate of drug-likeness (QED) is 0.922. The minimum absolute atomic E-state index is 0.377. The van der Waals surface area contributed by atoms with E-state index >= 15 is 0 Å². The Labute approximate surface area is 117 Å². The van der Waals surface area contributed by atoms with Gasteiger partial charge >= 0.3 is 0 Å². The third-order valence-corrected chi connectivity index (χ3v) is 2.82. The smallest absolute Gasteiger partial charge is 0.145 e. The molecule has 98 valence electrons.